The molecule has 0 aliphatic carbocycles. The van der Waals surface area contributed by atoms with Crippen LogP contribution in [0.5, 0.6) is 0 Å². The zero-order valence-corrected chi connectivity index (χ0v) is 26.0. The van der Waals surface area contributed by atoms with Gasteiger partial charge in [0.2, 0.25) is 11.8 Å². The zero-order valence-electron chi connectivity index (χ0n) is 24.4. The third-order valence-electron chi connectivity index (χ3n) is 6.88. The number of alkyl halides is 1. The Hall–Kier alpha value is -4.43. The van der Waals surface area contributed by atoms with Crippen molar-refractivity contribution in [2.45, 2.75) is 38.8 Å². The third kappa shape index (κ3) is 10.4. The van der Waals surface area contributed by atoms with Crippen molar-refractivity contribution in [1.29, 1.82) is 0 Å². The summed E-state index contributed by atoms with van der Waals surface area (Å²) in [6.45, 7) is 6.97. The van der Waals surface area contributed by atoms with E-state index in [0.29, 0.717) is 40.7 Å². The Bertz CT molecular complexity index is 1480. The molecule has 1 saturated heterocycles. The second-order valence-electron chi connectivity index (χ2n) is 10.1. The second-order valence-corrected chi connectivity index (χ2v) is 10.7. The lowest BCUT2D eigenvalue weighted by Gasteiger charge is -2.36. The van der Waals surface area contributed by atoms with Crippen molar-refractivity contribution in [2.24, 2.45) is 0 Å². The third-order valence-corrected chi connectivity index (χ3v) is 7.48. The number of hydrogen-bond acceptors (Lipinski definition) is 8. The minimum atomic E-state index is -0.423. The number of nitrogens with one attached hydrogen (secondary N) is 2. The van der Waals surface area contributed by atoms with Gasteiger partial charge >= 0.3 is 0 Å². The predicted octanol–water partition coefficient (Wildman–Crippen LogP) is 4.82. The maximum absolute atomic E-state index is 13.1. The van der Waals surface area contributed by atoms with E-state index in [1.165, 1.54) is 38.1 Å². The van der Waals surface area contributed by atoms with Crippen LogP contribution >= 0.6 is 15.9 Å². The smallest absolute Gasteiger partial charge is 0.274 e. The van der Waals surface area contributed by atoms with E-state index in [0.717, 1.165) is 31.9 Å². The molecule has 12 nitrogen and oxygen atoms in total. The summed E-state index contributed by atoms with van der Waals surface area (Å²) in [6, 6.07) is 16.5. The molecular weight excluding hydrogens is 639 g/mol. The van der Waals surface area contributed by atoms with Crippen LogP contribution in [0, 0.1) is 26.0 Å². The van der Waals surface area contributed by atoms with Crippen molar-refractivity contribution in [2.75, 3.05) is 31.1 Å². The van der Waals surface area contributed by atoms with Crippen LogP contribution in [0.4, 0.5) is 21.5 Å². The fourth-order valence-electron chi connectivity index (χ4n) is 4.54. The van der Waals surface area contributed by atoms with E-state index >= 15 is 0 Å². The summed E-state index contributed by atoms with van der Waals surface area (Å²) in [6.07, 6.45) is 0. The number of piperazine rings is 1. The van der Waals surface area contributed by atoms with Crippen LogP contribution in [0.3, 0.4) is 0 Å². The Morgan fingerprint density at radius 3 is 1.73 bits per heavy atom. The normalized spacial score (nSPS) is 13.0. The van der Waals surface area contributed by atoms with E-state index in [9.17, 15) is 34.2 Å². The van der Waals surface area contributed by atoms with Gasteiger partial charge in [0.15, 0.2) is 0 Å². The molecule has 0 unspecified atom stereocenters. The summed E-state index contributed by atoms with van der Waals surface area (Å²) in [4.78, 5) is 47.6. The van der Waals surface area contributed by atoms with E-state index in [2.05, 4.69) is 36.4 Å². The molecule has 0 radical (unpaired) electrons. The fourth-order valence-corrected chi connectivity index (χ4v) is 5.01. The molecule has 0 spiro atoms. The molecule has 44 heavy (non-hydrogen) atoms. The number of carbonyl (C=O) groups is 2. The number of carbonyl (C=O) groups excluding carboxylic acids is 2. The van der Waals surface area contributed by atoms with E-state index in [4.69, 9.17) is 0 Å². The van der Waals surface area contributed by atoms with Crippen LogP contribution in [0.1, 0.15) is 36.1 Å². The first-order valence-corrected chi connectivity index (χ1v) is 14.9. The molecule has 1 aliphatic rings. The van der Waals surface area contributed by atoms with Gasteiger partial charge in [-0.05, 0) is 35.4 Å². The highest BCUT2D eigenvalue weighted by Crippen LogP contribution is 2.24. The Balaban J connectivity index is 0.000000281. The lowest BCUT2D eigenvalue weighted by molar-refractivity contribution is -0.385. The molecule has 3 aromatic rings. The number of halogens is 2. The zero-order chi connectivity index (χ0) is 32.2. The molecule has 1 heterocycles. The predicted molar refractivity (Wildman–Crippen MR) is 168 cm³/mol. The molecular formula is C30H34BrFN6O6. The molecule has 14 heteroatoms. The highest BCUT2D eigenvalue weighted by molar-refractivity contribution is 9.08. The molecule has 4 rings (SSSR count). The quantitative estimate of drug-likeness (QED) is 0.177. The van der Waals surface area contributed by atoms with Crippen LogP contribution < -0.4 is 15.5 Å². The van der Waals surface area contributed by atoms with Crippen molar-refractivity contribution >= 4 is 44.8 Å². The summed E-state index contributed by atoms with van der Waals surface area (Å²) in [5.41, 5.74) is 3.82. The van der Waals surface area contributed by atoms with Crippen LogP contribution in [-0.2, 0) is 34.6 Å². The molecule has 1 aliphatic heterocycles. The van der Waals surface area contributed by atoms with Crippen LogP contribution in [0.2, 0.25) is 0 Å². The van der Waals surface area contributed by atoms with Gasteiger partial charge in [0.1, 0.15) is 5.82 Å². The monoisotopic (exact) mass is 672 g/mol. The topological polar surface area (TPSA) is 151 Å². The molecule has 2 amide bonds. The summed E-state index contributed by atoms with van der Waals surface area (Å²) < 4.78 is 13.1. The fraction of sp³-hybridized carbons (Fsp3) is 0.333. The number of anilines is 1. The minimum absolute atomic E-state index is 0.0692. The average molecular weight is 674 g/mol. The number of nitrogens with zero attached hydrogens (tertiary/aromatic N) is 4. The standard InChI is InChI=1S/C20H23FN4O3.C10H11BrN2O3/c1-15(26)22-13-16-2-3-17(20(12-16)25(27)28)14-23-8-10-24(11-9-23)19-6-4-18(21)5-7-19;1-7(14)12-6-8-2-3-9(5-11)10(4-8)13(15)16/h2-7,12H,8-11,13-14H2,1H3,(H,22,26);2-4H,5-6H2,1H3,(H,12,14). The van der Waals surface area contributed by atoms with Crippen molar-refractivity contribution in [3.05, 3.63) is 109 Å². The number of rotatable bonds is 10. The minimum Gasteiger partial charge on any atom is -0.369 e. The van der Waals surface area contributed by atoms with E-state index < -0.39 is 4.92 Å². The maximum Gasteiger partial charge on any atom is 0.274 e. The number of amides is 2. The molecule has 0 atom stereocenters. The van der Waals surface area contributed by atoms with Crippen LogP contribution in [0.25, 0.3) is 0 Å². The molecule has 234 valence electrons. The van der Waals surface area contributed by atoms with Gasteiger partial charge in [-0.15, -0.1) is 0 Å². The van der Waals surface area contributed by atoms with Gasteiger partial charge in [0.25, 0.3) is 11.4 Å². The van der Waals surface area contributed by atoms with Crippen molar-refractivity contribution < 1.29 is 23.8 Å². The van der Waals surface area contributed by atoms with E-state index in [1.54, 1.807) is 30.3 Å². The van der Waals surface area contributed by atoms with Gasteiger partial charge in [-0.3, -0.25) is 34.7 Å². The van der Waals surface area contributed by atoms with E-state index in [1.807, 2.05) is 6.07 Å². The van der Waals surface area contributed by atoms with Gasteiger partial charge in [0.05, 0.1) is 9.85 Å². The summed E-state index contributed by atoms with van der Waals surface area (Å²) in [5.74, 6) is -0.588. The Morgan fingerprint density at radius 2 is 1.27 bits per heavy atom. The maximum atomic E-state index is 13.1. The molecule has 1 fully saturated rings. The van der Waals surface area contributed by atoms with Gasteiger partial charge in [-0.25, -0.2) is 4.39 Å². The van der Waals surface area contributed by atoms with Crippen molar-refractivity contribution in [1.82, 2.24) is 15.5 Å². The van der Waals surface area contributed by atoms with Gasteiger partial charge < -0.3 is 15.5 Å². The summed E-state index contributed by atoms with van der Waals surface area (Å²) in [7, 11) is 0. The highest BCUT2D eigenvalue weighted by atomic mass is 79.9. The van der Waals surface area contributed by atoms with Crippen LogP contribution in [0.15, 0.2) is 60.7 Å². The number of nitro benzene ring substituents is 2. The van der Waals surface area contributed by atoms with Crippen molar-refractivity contribution in [3.63, 3.8) is 0 Å². The highest BCUT2D eigenvalue weighted by Gasteiger charge is 2.22. The first-order chi connectivity index (χ1) is 21.0. The lowest BCUT2D eigenvalue weighted by atomic mass is 10.1. The Kier molecular flexibility index (Phi) is 12.7. The van der Waals surface area contributed by atoms with Gasteiger partial charge in [-0.1, -0.05) is 40.2 Å². The Morgan fingerprint density at radius 1 is 0.795 bits per heavy atom. The molecule has 3 aromatic carbocycles. The first kappa shape index (κ1) is 34.1. The molecule has 0 aromatic heterocycles. The molecule has 0 bridgehead atoms. The number of hydrogen-bond donors (Lipinski definition) is 2. The summed E-state index contributed by atoms with van der Waals surface area (Å²) in [5, 5.41) is 27.9. The molecule has 0 saturated carbocycles. The Labute approximate surface area is 262 Å². The number of nitro groups is 2. The second kappa shape index (κ2) is 16.4. The number of benzene rings is 3. The van der Waals surface area contributed by atoms with Crippen molar-refractivity contribution in [3.8, 4) is 0 Å². The largest absolute Gasteiger partial charge is 0.369 e. The first-order valence-electron chi connectivity index (χ1n) is 13.8. The van der Waals surface area contributed by atoms with Gasteiger partial charge in [0, 0.05) is 93.9 Å². The van der Waals surface area contributed by atoms with Gasteiger partial charge in [-0.2, -0.15) is 0 Å². The van der Waals surface area contributed by atoms with Crippen LogP contribution in [-0.4, -0.2) is 52.7 Å². The average Bonchev–Trinajstić information content (AvgIpc) is 3.00. The van der Waals surface area contributed by atoms with E-state index in [-0.39, 0.29) is 40.5 Å². The SMILES string of the molecule is CC(=O)NCc1ccc(CBr)c([N+](=O)[O-])c1.CC(=O)NCc1ccc(CN2CCN(c3ccc(F)cc3)CC2)c([N+](=O)[O-])c1. The molecule has 2 N–H and O–H groups in total. The lowest BCUT2D eigenvalue weighted by Crippen LogP contribution is -2.46. The summed E-state index contributed by atoms with van der Waals surface area (Å²) >= 11 is 3.19.